The number of cyclic esters (lactones) is 1. The fourth-order valence-electron chi connectivity index (χ4n) is 2.82. The molecule has 0 aromatic rings. The van der Waals surface area contributed by atoms with Crippen molar-refractivity contribution in [1.82, 2.24) is 0 Å². The fourth-order valence-corrected chi connectivity index (χ4v) is 2.82. The van der Waals surface area contributed by atoms with Gasteiger partial charge in [-0.15, -0.1) is 0 Å². The zero-order valence-corrected chi connectivity index (χ0v) is 17.1. The lowest BCUT2D eigenvalue weighted by molar-refractivity contribution is -0.156. The van der Waals surface area contributed by atoms with Gasteiger partial charge in [-0.05, 0) is 44.8 Å². The average Bonchev–Trinajstić information content (AvgIpc) is 2.63. The van der Waals surface area contributed by atoms with E-state index in [1.54, 1.807) is 13.0 Å². The Morgan fingerprint density at radius 1 is 1.21 bits per heavy atom. The molecule has 7 nitrogen and oxygen atoms in total. The highest BCUT2D eigenvalue weighted by Gasteiger charge is 2.27. The lowest BCUT2D eigenvalue weighted by atomic mass is 10.00. The van der Waals surface area contributed by atoms with Gasteiger partial charge < -0.3 is 19.7 Å². The van der Waals surface area contributed by atoms with Crippen molar-refractivity contribution in [2.24, 2.45) is 5.92 Å². The second-order valence-corrected chi connectivity index (χ2v) is 7.21. The number of ether oxygens (including phenoxy) is 2. The number of allylic oxidation sites excluding steroid dienone is 3. The first-order chi connectivity index (χ1) is 13.7. The Morgan fingerprint density at radius 2 is 1.90 bits per heavy atom. The van der Waals surface area contributed by atoms with Crippen LogP contribution in [-0.2, 0) is 23.9 Å². The summed E-state index contributed by atoms with van der Waals surface area (Å²) >= 11 is 0. The maximum Gasteiger partial charge on any atom is 0.331 e. The summed E-state index contributed by atoms with van der Waals surface area (Å²) in [6.45, 7) is 5.77. The highest BCUT2D eigenvalue weighted by Crippen LogP contribution is 2.16. The lowest BCUT2D eigenvalue weighted by Gasteiger charge is -2.24. The number of hydrogen-bond acceptors (Lipinski definition) is 6. The standard InChI is InChI=1S/C22H30O7/c1-15(6-4-5-7-17(3)23)14-16(2)8-12-21(26)29-19-10-13-22(27)28-18(19)9-11-20(24)25/h8-15,17-19,23H,4-7H2,1-3H3,(H,24,25)/b11-9+,12-8+,16-14+/t15?,17?,18-,19-/m0/s1. The van der Waals surface area contributed by atoms with Crippen LogP contribution in [0.5, 0.6) is 0 Å². The molecular formula is C22H30O7. The summed E-state index contributed by atoms with van der Waals surface area (Å²) in [5, 5.41) is 18.0. The lowest BCUT2D eigenvalue weighted by Crippen LogP contribution is -2.35. The third kappa shape index (κ3) is 11.0. The summed E-state index contributed by atoms with van der Waals surface area (Å²) in [7, 11) is 0. The Morgan fingerprint density at radius 3 is 2.55 bits per heavy atom. The normalized spacial score (nSPS) is 21.9. The van der Waals surface area contributed by atoms with Crippen molar-refractivity contribution in [3.63, 3.8) is 0 Å². The molecule has 160 valence electrons. The van der Waals surface area contributed by atoms with Gasteiger partial charge in [0.25, 0.3) is 0 Å². The number of carboxylic acid groups (broad SMARTS) is 1. The number of hydrogen-bond donors (Lipinski definition) is 2. The average molecular weight is 406 g/mol. The van der Waals surface area contributed by atoms with E-state index in [1.807, 2.05) is 6.92 Å². The molecule has 0 radical (unpaired) electrons. The number of esters is 2. The van der Waals surface area contributed by atoms with Crippen molar-refractivity contribution >= 4 is 17.9 Å². The van der Waals surface area contributed by atoms with Crippen LogP contribution in [0.1, 0.15) is 46.5 Å². The van der Waals surface area contributed by atoms with Crippen LogP contribution in [-0.4, -0.2) is 46.4 Å². The first kappa shape index (κ1) is 24.4. The molecule has 2 unspecified atom stereocenters. The summed E-state index contributed by atoms with van der Waals surface area (Å²) in [4.78, 5) is 34.0. The summed E-state index contributed by atoms with van der Waals surface area (Å²) in [6.07, 6.45) is 11.2. The molecule has 1 heterocycles. The van der Waals surface area contributed by atoms with E-state index in [2.05, 4.69) is 13.0 Å². The molecule has 0 saturated carbocycles. The van der Waals surface area contributed by atoms with E-state index in [9.17, 15) is 19.5 Å². The van der Waals surface area contributed by atoms with E-state index in [0.29, 0.717) is 5.92 Å². The fraction of sp³-hybridized carbons (Fsp3) is 0.500. The molecule has 4 atom stereocenters. The molecular weight excluding hydrogens is 376 g/mol. The van der Waals surface area contributed by atoms with Gasteiger partial charge in [0.1, 0.15) is 0 Å². The van der Waals surface area contributed by atoms with Crippen LogP contribution in [0.25, 0.3) is 0 Å². The number of carbonyl (C=O) groups excluding carboxylic acids is 2. The van der Waals surface area contributed by atoms with E-state index in [-0.39, 0.29) is 6.10 Å². The van der Waals surface area contributed by atoms with Gasteiger partial charge >= 0.3 is 17.9 Å². The van der Waals surface area contributed by atoms with Crippen LogP contribution in [0.2, 0.25) is 0 Å². The molecule has 0 bridgehead atoms. The maximum absolute atomic E-state index is 12.1. The van der Waals surface area contributed by atoms with Gasteiger partial charge in [-0.1, -0.05) is 37.5 Å². The molecule has 0 aromatic carbocycles. The molecule has 29 heavy (non-hydrogen) atoms. The van der Waals surface area contributed by atoms with Crippen molar-refractivity contribution in [1.29, 1.82) is 0 Å². The highest BCUT2D eigenvalue weighted by molar-refractivity contribution is 5.85. The monoisotopic (exact) mass is 406 g/mol. The third-order valence-electron chi connectivity index (χ3n) is 4.24. The highest BCUT2D eigenvalue weighted by atomic mass is 16.6. The molecule has 1 rings (SSSR count). The van der Waals surface area contributed by atoms with Crippen molar-refractivity contribution in [2.45, 2.75) is 64.8 Å². The Balaban J connectivity index is 2.56. The van der Waals surface area contributed by atoms with Gasteiger partial charge in [0.05, 0.1) is 6.10 Å². The number of aliphatic hydroxyl groups is 1. The van der Waals surface area contributed by atoms with Crippen molar-refractivity contribution in [2.75, 3.05) is 0 Å². The van der Waals surface area contributed by atoms with E-state index < -0.39 is 30.1 Å². The molecule has 2 N–H and O–H groups in total. The Bertz CT molecular complexity index is 685. The number of aliphatic carboxylic acids is 1. The minimum atomic E-state index is -1.19. The van der Waals surface area contributed by atoms with Crippen LogP contribution in [0.3, 0.4) is 0 Å². The first-order valence-electron chi connectivity index (χ1n) is 9.72. The Hall–Kier alpha value is -2.67. The first-order valence-corrected chi connectivity index (χ1v) is 9.72. The third-order valence-corrected chi connectivity index (χ3v) is 4.24. The molecule has 1 aliphatic heterocycles. The van der Waals surface area contributed by atoms with E-state index >= 15 is 0 Å². The SMILES string of the molecule is CC(/C=C/C(=O)O[C@H]1C=CC(=O)O[C@H]1/C=C/C(=O)O)=C\C(C)CCCCC(C)O. The predicted molar refractivity (Wildman–Crippen MR) is 108 cm³/mol. The summed E-state index contributed by atoms with van der Waals surface area (Å²) in [6, 6.07) is 0. The Labute approximate surface area is 171 Å². The van der Waals surface area contributed by atoms with Crippen LogP contribution < -0.4 is 0 Å². The predicted octanol–water partition coefficient (Wildman–Crippen LogP) is 3.10. The molecule has 0 spiro atoms. The number of rotatable bonds is 11. The van der Waals surface area contributed by atoms with E-state index in [4.69, 9.17) is 14.6 Å². The second kappa shape index (κ2) is 12.7. The minimum Gasteiger partial charge on any atom is -0.478 e. The zero-order chi connectivity index (χ0) is 21.8. The summed E-state index contributed by atoms with van der Waals surface area (Å²) in [5.41, 5.74) is 0.915. The molecule has 7 heteroatoms. The maximum atomic E-state index is 12.1. The largest absolute Gasteiger partial charge is 0.478 e. The summed E-state index contributed by atoms with van der Waals surface area (Å²) in [5.74, 6) is -2.10. The van der Waals surface area contributed by atoms with Gasteiger partial charge in [-0.25, -0.2) is 14.4 Å². The van der Waals surface area contributed by atoms with Crippen molar-refractivity contribution in [3.8, 4) is 0 Å². The van der Waals surface area contributed by atoms with Gasteiger partial charge in [0.2, 0.25) is 0 Å². The van der Waals surface area contributed by atoms with Crippen LogP contribution in [0, 0.1) is 5.92 Å². The quantitative estimate of drug-likeness (QED) is 0.235. The second-order valence-electron chi connectivity index (χ2n) is 7.21. The number of carboxylic acids is 1. The van der Waals surface area contributed by atoms with Crippen LogP contribution in [0.4, 0.5) is 0 Å². The van der Waals surface area contributed by atoms with Gasteiger partial charge in [-0.2, -0.15) is 0 Å². The van der Waals surface area contributed by atoms with Gasteiger partial charge in [-0.3, -0.25) is 0 Å². The van der Waals surface area contributed by atoms with Crippen LogP contribution >= 0.6 is 0 Å². The van der Waals surface area contributed by atoms with Crippen LogP contribution in [0.15, 0.2) is 48.1 Å². The molecule has 1 aliphatic rings. The number of carbonyl (C=O) groups is 3. The van der Waals surface area contributed by atoms with E-state index in [1.165, 1.54) is 12.2 Å². The van der Waals surface area contributed by atoms with Gasteiger partial charge in [0.15, 0.2) is 12.2 Å². The van der Waals surface area contributed by atoms with Gasteiger partial charge in [0, 0.05) is 18.2 Å². The molecule has 0 aromatic heterocycles. The molecule has 0 saturated heterocycles. The van der Waals surface area contributed by atoms with E-state index in [0.717, 1.165) is 49.5 Å². The molecule has 0 amide bonds. The molecule has 0 fully saturated rings. The Kier molecular flexibility index (Phi) is 10.7. The molecule has 0 aliphatic carbocycles. The smallest absolute Gasteiger partial charge is 0.331 e. The zero-order valence-electron chi connectivity index (χ0n) is 17.1. The van der Waals surface area contributed by atoms with Crippen molar-refractivity contribution in [3.05, 3.63) is 48.1 Å². The topological polar surface area (TPSA) is 110 Å². The number of aliphatic hydroxyl groups excluding tert-OH is 1. The summed E-state index contributed by atoms with van der Waals surface area (Å²) < 4.78 is 10.2. The van der Waals surface area contributed by atoms with Crippen molar-refractivity contribution < 1.29 is 34.1 Å². The minimum absolute atomic E-state index is 0.265. The number of unbranched alkanes of at least 4 members (excludes halogenated alkanes) is 1.